The fraction of sp³-hybridized carbons (Fsp3) is 0.667. The number of carbonyl (C=O) groups is 1. The van der Waals surface area contributed by atoms with E-state index in [0.29, 0.717) is 22.7 Å². The van der Waals surface area contributed by atoms with E-state index in [1.807, 2.05) is 22.5 Å². The summed E-state index contributed by atoms with van der Waals surface area (Å²) in [4.78, 5) is 12.4. The average Bonchev–Trinajstić information content (AvgIpc) is 2.97. The number of nitrogens with two attached hydrogens (primary N) is 1. The summed E-state index contributed by atoms with van der Waals surface area (Å²) in [6.45, 7) is 5.12. The first-order valence-corrected chi connectivity index (χ1v) is 8.57. The lowest BCUT2D eigenvalue weighted by molar-refractivity contribution is 0.0928. The van der Waals surface area contributed by atoms with Gasteiger partial charge in [0.2, 0.25) is 0 Å². The van der Waals surface area contributed by atoms with Crippen LogP contribution >= 0.6 is 11.8 Å². The SMILES string of the molecule is CCCn1cc(N)cc1C(=O)NC1CCC(SCC)C1. The van der Waals surface area contributed by atoms with E-state index in [9.17, 15) is 4.79 Å². The van der Waals surface area contributed by atoms with E-state index in [1.54, 1.807) is 6.07 Å². The molecule has 1 heterocycles. The number of amides is 1. The highest BCUT2D eigenvalue weighted by atomic mass is 32.2. The zero-order valence-electron chi connectivity index (χ0n) is 12.4. The number of aromatic nitrogens is 1. The molecule has 5 heteroatoms. The lowest BCUT2D eigenvalue weighted by Gasteiger charge is -2.14. The largest absolute Gasteiger partial charge is 0.397 e. The first-order chi connectivity index (χ1) is 9.63. The zero-order chi connectivity index (χ0) is 14.5. The van der Waals surface area contributed by atoms with Crippen molar-refractivity contribution in [2.45, 2.75) is 57.4 Å². The number of hydrogen-bond donors (Lipinski definition) is 2. The van der Waals surface area contributed by atoms with Gasteiger partial charge in [-0.2, -0.15) is 11.8 Å². The molecule has 1 fully saturated rings. The molecular weight excluding hydrogens is 270 g/mol. The van der Waals surface area contributed by atoms with Crippen molar-refractivity contribution in [3.8, 4) is 0 Å². The van der Waals surface area contributed by atoms with Crippen molar-refractivity contribution in [3.05, 3.63) is 18.0 Å². The molecule has 1 aromatic heterocycles. The van der Waals surface area contributed by atoms with Crippen LogP contribution in [0, 0.1) is 0 Å². The minimum Gasteiger partial charge on any atom is -0.397 e. The predicted molar refractivity (Wildman–Crippen MR) is 86.2 cm³/mol. The first-order valence-electron chi connectivity index (χ1n) is 7.52. The van der Waals surface area contributed by atoms with Gasteiger partial charge in [-0.25, -0.2) is 0 Å². The Labute approximate surface area is 125 Å². The molecule has 1 aliphatic carbocycles. The van der Waals surface area contributed by atoms with Crippen LogP contribution in [0.3, 0.4) is 0 Å². The number of aryl methyl sites for hydroxylation is 1. The van der Waals surface area contributed by atoms with E-state index in [1.165, 1.54) is 6.42 Å². The molecule has 0 aromatic carbocycles. The third-order valence-corrected chi connectivity index (χ3v) is 4.97. The monoisotopic (exact) mass is 295 g/mol. The molecule has 0 bridgehead atoms. The van der Waals surface area contributed by atoms with Gasteiger partial charge < -0.3 is 15.6 Å². The maximum Gasteiger partial charge on any atom is 0.268 e. The Morgan fingerprint density at radius 2 is 2.30 bits per heavy atom. The maximum atomic E-state index is 12.4. The molecule has 112 valence electrons. The number of nitrogen functional groups attached to an aromatic ring is 1. The third-order valence-electron chi connectivity index (χ3n) is 3.74. The van der Waals surface area contributed by atoms with Gasteiger partial charge >= 0.3 is 0 Å². The molecular formula is C15H25N3OS. The van der Waals surface area contributed by atoms with Crippen LogP contribution in [0.1, 0.15) is 50.0 Å². The Bertz CT molecular complexity index is 458. The van der Waals surface area contributed by atoms with Gasteiger partial charge in [0, 0.05) is 24.0 Å². The van der Waals surface area contributed by atoms with Crippen molar-refractivity contribution < 1.29 is 4.79 Å². The smallest absolute Gasteiger partial charge is 0.268 e. The van der Waals surface area contributed by atoms with Crippen LogP contribution in [-0.4, -0.2) is 27.5 Å². The lowest BCUT2D eigenvalue weighted by atomic mass is 10.2. The molecule has 1 amide bonds. The highest BCUT2D eigenvalue weighted by Crippen LogP contribution is 2.29. The Morgan fingerprint density at radius 1 is 1.50 bits per heavy atom. The molecule has 1 aromatic rings. The second kappa shape index (κ2) is 7.07. The summed E-state index contributed by atoms with van der Waals surface area (Å²) in [6, 6.07) is 2.09. The Kier molecular flexibility index (Phi) is 5.40. The van der Waals surface area contributed by atoms with Crippen molar-refractivity contribution >= 4 is 23.4 Å². The van der Waals surface area contributed by atoms with Gasteiger partial charge in [0.1, 0.15) is 5.69 Å². The van der Waals surface area contributed by atoms with Crippen LogP contribution < -0.4 is 11.1 Å². The molecule has 1 aliphatic rings. The van der Waals surface area contributed by atoms with Gasteiger partial charge in [0.15, 0.2) is 0 Å². The minimum absolute atomic E-state index is 0.0160. The number of nitrogens with zero attached hydrogens (tertiary/aromatic N) is 1. The topological polar surface area (TPSA) is 60.0 Å². The van der Waals surface area contributed by atoms with Crippen molar-refractivity contribution in [2.24, 2.45) is 0 Å². The van der Waals surface area contributed by atoms with Crippen LogP contribution in [0.5, 0.6) is 0 Å². The van der Waals surface area contributed by atoms with Crippen molar-refractivity contribution in [1.29, 1.82) is 0 Å². The normalized spacial score (nSPS) is 22.1. The van der Waals surface area contributed by atoms with Gasteiger partial charge in [-0.05, 0) is 37.5 Å². The second-order valence-electron chi connectivity index (χ2n) is 5.41. The first kappa shape index (κ1) is 15.3. The molecule has 20 heavy (non-hydrogen) atoms. The van der Waals surface area contributed by atoms with E-state index in [0.717, 1.165) is 31.6 Å². The number of rotatable bonds is 6. The zero-order valence-corrected chi connectivity index (χ0v) is 13.2. The van der Waals surface area contributed by atoms with Crippen LogP contribution in [0.4, 0.5) is 5.69 Å². The van der Waals surface area contributed by atoms with Crippen LogP contribution in [0.2, 0.25) is 0 Å². The average molecular weight is 295 g/mol. The number of anilines is 1. The van der Waals surface area contributed by atoms with Crippen LogP contribution in [0.25, 0.3) is 0 Å². The summed E-state index contributed by atoms with van der Waals surface area (Å²) in [5.74, 6) is 1.17. The van der Waals surface area contributed by atoms with Gasteiger partial charge in [0.25, 0.3) is 5.91 Å². The van der Waals surface area contributed by atoms with E-state index < -0.39 is 0 Å². The summed E-state index contributed by atoms with van der Waals surface area (Å²) in [5, 5.41) is 3.87. The van der Waals surface area contributed by atoms with E-state index in [2.05, 4.69) is 19.2 Å². The summed E-state index contributed by atoms with van der Waals surface area (Å²) >= 11 is 2.00. The van der Waals surface area contributed by atoms with Gasteiger partial charge in [0.05, 0.1) is 5.69 Å². The number of nitrogens with one attached hydrogen (secondary N) is 1. The fourth-order valence-electron chi connectivity index (χ4n) is 2.87. The molecule has 1 saturated carbocycles. The second-order valence-corrected chi connectivity index (χ2v) is 6.99. The molecule has 0 spiro atoms. The standard InChI is InChI=1S/C15H25N3OS/c1-3-7-18-10-11(16)8-14(18)15(19)17-12-5-6-13(9-12)20-4-2/h8,10,12-13H,3-7,9,16H2,1-2H3,(H,17,19). The maximum absolute atomic E-state index is 12.4. The molecule has 4 nitrogen and oxygen atoms in total. The van der Waals surface area contributed by atoms with Gasteiger partial charge in [-0.1, -0.05) is 13.8 Å². The van der Waals surface area contributed by atoms with E-state index >= 15 is 0 Å². The Hall–Kier alpha value is -1.10. The molecule has 0 aliphatic heterocycles. The molecule has 2 atom stereocenters. The molecule has 0 saturated heterocycles. The summed E-state index contributed by atoms with van der Waals surface area (Å²) in [7, 11) is 0. The Morgan fingerprint density at radius 3 is 3.00 bits per heavy atom. The van der Waals surface area contributed by atoms with Crippen molar-refractivity contribution in [2.75, 3.05) is 11.5 Å². The predicted octanol–water partition coefficient (Wildman–Crippen LogP) is 2.88. The highest BCUT2D eigenvalue weighted by molar-refractivity contribution is 7.99. The Balaban J connectivity index is 1.95. The van der Waals surface area contributed by atoms with Gasteiger partial charge in [-0.3, -0.25) is 4.79 Å². The van der Waals surface area contributed by atoms with Gasteiger partial charge in [-0.15, -0.1) is 0 Å². The molecule has 2 rings (SSSR count). The summed E-state index contributed by atoms with van der Waals surface area (Å²) < 4.78 is 1.96. The third kappa shape index (κ3) is 3.72. The molecule has 0 radical (unpaired) electrons. The van der Waals surface area contributed by atoms with E-state index in [4.69, 9.17) is 5.73 Å². The van der Waals surface area contributed by atoms with Crippen LogP contribution in [-0.2, 0) is 6.54 Å². The number of hydrogen-bond acceptors (Lipinski definition) is 3. The lowest BCUT2D eigenvalue weighted by Crippen LogP contribution is -2.34. The van der Waals surface area contributed by atoms with Crippen molar-refractivity contribution in [3.63, 3.8) is 0 Å². The fourth-order valence-corrected chi connectivity index (χ4v) is 4.01. The number of carbonyl (C=O) groups excluding carboxylic acids is 1. The summed E-state index contributed by atoms with van der Waals surface area (Å²) in [5.41, 5.74) is 7.17. The highest BCUT2D eigenvalue weighted by Gasteiger charge is 2.26. The quantitative estimate of drug-likeness (QED) is 0.848. The summed E-state index contributed by atoms with van der Waals surface area (Å²) in [6.07, 6.45) is 6.24. The van der Waals surface area contributed by atoms with E-state index in [-0.39, 0.29) is 5.91 Å². The number of thioether (sulfide) groups is 1. The minimum atomic E-state index is 0.0160. The molecule has 3 N–H and O–H groups in total. The van der Waals surface area contributed by atoms with Crippen molar-refractivity contribution in [1.82, 2.24) is 9.88 Å². The molecule has 2 unspecified atom stereocenters. The van der Waals surface area contributed by atoms with Crippen LogP contribution in [0.15, 0.2) is 12.3 Å².